The zero-order chi connectivity index (χ0) is 15.2. The van der Waals surface area contributed by atoms with Gasteiger partial charge in [-0.15, -0.1) is 0 Å². The average Bonchev–Trinajstić information content (AvgIpc) is 2.86. The van der Waals surface area contributed by atoms with Crippen molar-refractivity contribution in [2.45, 2.75) is 45.6 Å². The van der Waals surface area contributed by atoms with Crippen molar-refractivity contribution in [3.8, 4) is 0 Å². The van der Waals surface area contributed by atoms with Crippen molar-refractivity contribution in [2.24, 2.45) is 0 Å². The molecule has 1 aliphatic rings. The number of likely N-dealkylation sites (tertiary alicyclic amines) is 1. The van der Waals surface area contributed by atoms with Gasteiger partial charge >= 0.3 is 0 Å². The molecule has 0 saturated carbocycles. The minimum Gasteiger partial charge on any atom is -0.378 e. The minimum absolute atomic E-state index is 0.0164. The van der Waals surface area contributed by atoms with Gasteiger partial charge < -0.3 is 15.5 Å². The second-order valence-electron chi connectivity index (χ2n) is 5.71. The number of carbonyl (C=O) groups excluding carboxylic acids is 1. The summed E-state index contributed by atoms with van der Waals surface area (Å²) in [6.07, 6.45) is 4.97. The third-order valence-electron chi connectivity index (χ3n) is 4.17. The molecule has 6 heteroatoms. The zero-order valence-corrected chi connectivity index (χ0v) is 14.1. The lowest BCUT2D eigenvalue weighted by Gasteiger charge is -2.33. The van der Waals surface area contributed by atoms with Crippen molar-refractivity contribution in [2.75, 3.05) is 32.0 Å². The molecule has 1 aromatic heterocycles. The van der Waals surface area contributed by atoms with E-state index in [1.165, 1.54) is 37.3 Å². The average molecular weight is 310 g/mol. The quantitative estimate of drug-likeness (QED) is 0.793. The Labute approximate surface area is 131 Å². The first kappa shape index (κ1) is 16.2. The van der Waals surface area contributed by atoms with Crippen LogP contribution >= 0.6 is 11.5 Å². The number of carbonyl (C=O) groups is 1. The van der Waals surface area contributed by atoms with Crippen LogP contribution in [0, 0.1) is 6.92 Å². The van der Waals surface area contributed by atoms with E-state index in [2.05, 4.69) is 26.8 Å². The summed E-state index contributed by atoms with van der Waals surface area (Å²) in [6.45, 7) is 7.17. The number of rotatable bonds is 6. The van der Waals surface area contributed by atoms with E-state index < -0.39 is 0 Å². The fraction of sp³-hybridized carbons (Fsp3) is 0.733. The van der Waals surface area contributed by atoms with Crippen LogP contribution in [0.25, 0.3) is 0 Å². The third-order valence-corrected chi connectivity index (χ3v) is 5.12. The molecule has 118 valence electrons. The van der Waals surface area contributed by atoms with Crippen molar-refractivity contribution in [1.82, 2.24) is 14.6 Å². The minimum atomic E-state index is -0.0164. The van der Waals surface area contributed by atoms with Gasteiger partial charge in [-0.1, -0.05) is 6.42 Å². The molecule has 1 amide bonds. The van der Waals surface area contributed by atoms with Crippen LogP contribution in [0.15, 0.2) is 0 Å². The van der Waals surface area contributed by atoms with E-state index in [0.29, 0.717) is 11.6 Å². The van der Waals surface area contributed by atoms with Gasteiger partial charge in [0.05, 0.1) is 11.3 Å². The van der Waals surface area contributed by atoms with Crippen LogP contribution in [-0.2, 0) is 0 Å². The van der Waals surface area contributed by atoms with E-state index >= 15 is 0 Å². The van der Waals surface area contributed by atoms with Gasteiger partial charge in [0.1, 0.15) is 5.00 Å². The molecule has 1 atom stereocenters. The molecule has 2 rings (SSSR count). The van der Waals surface area contributed by atoms with E-state index in [9.17, 15) is 4.79 Å². The largest absolute Gasteiger partial charge is 0.378 e. The number of hydrogen-bond donors (Lipinski definition) is 2. The van der Waals surface area contributed by atoms with Crippen LogP contribution in [0.1, 0.15) is 48.7 Å². The summed E-state index contributed by atoms with van der Waals surface area (Å²) in [5, 5.41) is 6.89. The van der Waals surface area contributed by atoms with E-state index in [-0.39, 0.29) is 5.91 Å². The summed E-state index contributed by atoms with van der Waals surface area (Å²) in [6, 6.07) is 0.689. The van der Waals surface area contributed by atoms with E-state index in [1.807, 2.05) is 14.0 Å². The molecule has 1 unspecified atom stereocenters. The molecule has 21 heavy (non-hydrogen) atoms. The molecule has 1 fully saturated rings. The second-order valence-corrected chi connectivity index (χ2v) is 6.49. The van der Waals surface area contributed by atoms with Gasteiger partial charge in [0.15, 0.2) is 0 Å². The predicted octanol–water partition coefficient (Wildman–Crippen LogP) is 2.49. The smallest absolute Gasteiger partial charge is 0.256 e. The van der Waals surface area contributed by atoms with E-state index in [0.717, 1.165) is 30.2 Å². The summed E-state index contributed by atoms with van der Waals surface area (Å²) in [5.41, 5.74) is 1.49. The maximum atomic E-state index is 12.2. The Bertz CT molecular complexity index is 474. The first-order valence-corrected chi connectivity index (χ1v) is 8.57. The molecule has 0 aromatic carbocycles. The highest BCUT2D eigenvalue weighted by molar-refractivity contribution is 7.10. The molecule has 5 nitrogen and oxygen atoms in total. The van der Waals surface area contributed by atoms with Gasteiger partial charge in [0.25, 0.3) is 5.91 Å². The van der Waals surface area contributed by atoms with E-state index in [4.69, 9.17) is 0 Å². The fourth-order valence-corrected chi connectivity index (χ4v) is 3.61. The van der Waals surface area contributed by atoms with Crippen LogP contribution in [0.5, 0.6) is 0 Å². The monoisotopic (exact) mass is 310 g/mol. The number of aryl methyl sites for hydroxylation is 1. The lowest BCUT2D eigenvalue weighted by Crippen LogP contribution is -2.39. The highest BCUT2D eigenvalue weighted by Gasteiger charge is 2.19. The highest BCUT2D eigenvalue weighted by Crippen LogP contribution is 2.23. The zero-order valence-electron chi connectivity index (χ0n) is 13.2. The number of aromatic nitrogens is 1. The van der Waals surface area contributed by atoms with Gasteiger partial charge in [-0.25, -0.2) is 0 Å². The number of nitrogens with zero attached hydrogens (tertiary/aromatic N) is 2. The first-order chi connectivity index (χ1) is 10.1. The van der Waals surface area contributed by atoms with Crippen LogP contribution in [0.2, 0.25) is 0 Å². The topological polar surface area (TPSA) is 57.3 Å². The molecular weight excluding hydrogens is 284 g/mol. The first-order valence-electron chi connectivity index (χ1n) is 7.79. The number of piperidine rings is 1. The summed E-state index contributed by atoms with van der Waals surface area (Å²) in [5.74, 6) is -0.0164. The lowest BCUT2D eigenvalue weighted by molar-refractivity contribution is 0.0949. The van der Waals surface area contributed by atoms with Crippen molar-refractivity contribution >= 4 is 22.4 Å². The maximum Gasteiger partial charge on any atom is 0.256 e. The van der Waals surface area contributed by atoms with Crippen molar-refractivity contribution in [1.29, 1.82) is 0 Å². The molecule has 0 bridgehead atoms. The molecule has 0 aliphatic carbocycles. The Balaban J connectivity index is 1.75. The second kappa shape index (κ2) is 7.75. The van der Waals surface area contributed by atoms with Crippen LogP contribution in [0.3, 0.4) is 0 Å². The SMILES string of the molecule is CNc1snc(C)c1C(=O)NCCCN1CCCCC1C. The predicted molar refractivity (Wildman–Crippen MR) is 88.2 cm³/mol. The lowest BCUT2D eigenvalue weighted by atomic mass is 10.0. The van der Waals surface area contributed by atoms with Gasteiger partial charge in [-0.2, -0.15) is 4.37 Å². The Hall–Kier alpha value is -1.14. The van der Waals surface area contributed by atoms with Crippen LogP contribution in [-0.4, -0.2) is 47.9 Å². The Morgan fingerprint density at radius 1 is 1.48 bits per heavy atom. The number of anilines is 1. The summed E-state index contributed by atoms with van der Waals surface area (Å²) in [4.78, 5) is 14.8. The van der Waals surface area contributed by atoms with Gasteiger partial charge in [-0.05, 0) is 51.2 Å². The number of hydrogen-bond acceptors (Lipinski definition) is 5. The van der Waals surface area contributed by atoms with E-state index in [1.54, 1.807) is 0 Å². The normalized spacial score (nSPS) is 19.5. The standard InChI is InChI=1S/C15H26N4OS/c1-11-7-4-5-9-19(11)10-6-8-17-14(20)13-12(2)18-21-15(13)16-3/h11,16H,4-10H2,1-3H3,(H,17,20). The van der Waals surface area contributed by atoms with Gasteiger partial charge in [0.2, 0.25) is 0 Å². The number of amides is 1. The molecule has 1 saturated heterocycles. The van der Waals surface area contributed by atoms with Gasteiger partial charge in [-0.3, -0.25) is 4.79 Å². The van der Waals surface area contributed by atoms with Crippen molar-refractivity contribution in [3.63, 3.8) is 0 Å². The molecule has 1 aliphatic heterocycles. The van der Waals surface area contributed by atoms with Gasteiger partial charge in [0, 0.05) is 26.2 Å². The summed E-state index contributed by atoms with van der Waals surface area (Å²) >= 11 is 1.34. The third kappa shape index (κ3) is 4.17. The molecule has 0 spiro atoms. The Kier molecular flexibility index (Phi) is 5.99. The molecule has 1 aromatic rings. The fourth-order valence-electron chi connectivity index (χ4n) is 2.87. The van der Waals surface area contributed by atoms with Crippen LogP contribution < -0.4 is 10.6 Å². The molecule has 0 radical (unpaired) electrons. The Morgan fingerprint density at radius 2 is 2.29 bits per heavy atom. The van der Waals surface area contributed by atoms with Crippen LogP contribution in [0.4, 0.5) is 5.00 Å². The maximum absolute atomic E-state index is 12.2. The number of nitrogens with one attached hydrogen (secondary N) is 2. The van der Waals surface area contributed by atoms with Crippen molar-refractivity contribution < 1.29 is 4.79 Å². The molecule has 2 N–H and O–H groups in total. The molecular formula is C15H26N4OS. The Morgan fingerprint density at radius 3 is 3.00 bits per heavy atom. The summed E-state index contributed by atoms with van der Waals surface area (Å²) in [7, 11) is 1.82. The van der Waals surface area contributed by atoms with Crippen molar-refractivity contribution in [3.05, 3.63) is 11.3 Å². The summed E-state index contributed by atoms with van der Waals surface area (Å²) < 4.78 is 4.23. The highest BCUT2D eigenvalue weighted by atomic mass is 32.1. The molecule has 2 heterocycles.